The summed E-state index contributed by atoms with van der Waals surface area (Å²) in [5, 5.41) is 8.59. The molecule has 0 unspecified atom stereocenters. The first-order valence-electron chi connectivity index (χ1n) is 10.4. The summed E-state index contributed by atoms with van der Waals surface area (Å²) in [5.74, 6) is 0.451. The van der Waals surface area contributed by atoms with Crippen molar-refractivity contribution >= 4 is 34.9 Å². The fraction of sp³-hybridized carbons (Fsp3) is 0.364. The first-order chi connectivity index (χ1) is 15.1. The Bertz CT molecular complexity index is 1150. The SMILES string of the molecule is O=C(Cn1nc2c(SCc3ccc(Cl)cc3)nccn2c1=O)NCCC1=CCCCC1. The average Bonchev–Trinajstić information content (AvgIpc) is 3.10. The molecule has 7 nitrogen and oxygen atoms in total. The molecular formula is C22H24ClN5O2S. The molecule has 1 aliphatic rings. The number of carbonyl (C=O) groups is 1. The maximum Gasteiger partial charge on any atom is 0.350 e. The van der Waals surface area contributed by atoms with Gasteiger partial charge in [0.1, 0.15) is 11.6 Å². The molecule has 0 radical (unpaired) electrons. The summed E-state index contributed by atoms with van der Waals surface area (Å²) in [6.45, 7) is 0.470. The van der Waals surface area contributed by atoms with Gasteiger partial charge in [0.25, 0.3) is 0 Å². The zero-order chi connectivity index (χ0) is 21.6. The summed E-state index contributed by atoms with van der Waals surface area (Å²) in [5.41, 5.74) is 2.60. The van der Waals surface area contributed by atoms with Crippen molar-refractivity contribution < 1.29 is 4.79 Å². The highest BCUT2D eigenvalue weighted by Gasteiger charge is 2.15. The lowest BCUT2D eigenvalue weighted by Crippen LogP contribution is -2.33. The van der Waals surface area contributed by atoms with E-state index in [9.17, 15) is 9.59 Å². The van der Waals surface area contributed by atoms with Gasteiger partial charge in [-0.15, -0.1) is 5.10 Å². The van der Waals surface area contributed by atoms with Gasteiger partial charge in [-0.1, -0.05) is 47.1 Å². The summed E-state index contributed by atoms with van der Waals surface area (Å²) in [4.78, 5) is 29.4. The number of halogens is 1. The van der Waals surface area contributed by atoms with Gasteiger partial charge < -0.3 is 5.32 Å². The van der Waals surface area contributed by atoms with Crippen LogP contribution >= 0.6 is 23.4 Å². The molecule has 1 aromatic carbocycles. The third-order valence-corrected chi connectivity index (χ3v) is 6.50. The summed E-state index contributed by atoms with van der Waals surface area (Å²) in [7, 11) is 0. The molecule has 162 valence electrons. The topological polar surface area (TPSA) is 81.3 Å². The van der Waals surface area contributed by atoms with Gasteiger partial charge in [0.15, 0.2) is 5.65 Å². The van der Waals surface area contributed by atoms with Crippen molar-refractivity contribution in [3.63, 3.8) is 0 Å². The quantitative estimate of drug-likeness (QED) is 0.410. The van der Waals surface area contributed by atoms with E-state index in [1.807, 2.05) is 24.3 Å². The summed E-state index contributed by atoms with van der Waals surface area (Å²) in [6.07, 6.45) is 11.0. The summed E-state index contributed by atoms with van der Waals surface area (Å²) < 4.78 is 2.62. The summed E-state index contributed by atoms with van der Waals surface area (Å²) >= 11 is 7.42. The number of hydrogen-bond donors (Lipinski definition) is 1. The van der Waals surface area contributed by atoms with E-state index in [1.165, 1.54) is 39.3 Å². The maximum absolute atomic E-state index is 12.7. The van der Waals surface area contributed by atoms with E-state index < -0.39 is 0 Å². The van der Waals surface area contributed by atoms with Crippen LogP contribution in [-0.2, 0) is 17.1 Å². The summed E-state index contributed by atoms with van der Waals surface area (Å²) in [6, 6.07) is 7.59. The molecule has 31 heavy (non-hydrogen) atoms. The normalized spacial score (nSPS) is 13.9. The predicted octanol–water partition coefficient (Wildman–Crippen LogP) is 3.84. The van der Waals surface area contributed by atoms with Crippen molar-refractivity contribution in [2.45, 2.75) is 49.4 Å². The molecule has 0 aliphatic heterocycles. The Kier molecular flexibility index (Phi) is 7.09. The Balaban J connectivity index is 1.40. The zero-order valence-corrected chi connectivity index (χ0v) is 18.7. The second-order valence-corrected chi connectivity index (χ2v) is 8.89. The Morgan fingerprint density at radius 2 is 2.06 bits per heavy atom. The fourth-order valence-electron chi connectivity index (χ4n) is 3.55. The van der Waals surface area contributed by atoms with Crippen LogP contribution in [0.3, 0.4) is 0 Å². The molecule has 2 heterocycles. The first-order valence-corrected chi connectivity index (χ1v) is 11.7. The van der Waals surface area contributed by atoms with Gasteiger partial charge >= 0.3 is 5.69 Å². The molecule has 0 fully saturated rings. The van der Waals surface area contributed by atoms with Crippen molar-refractivity contribution in [3.8, 4) is 0 Å². The van der Waals surface area contributed by atoms with E-state index in [4.69, 9.17) is 11.6 Å². The standard InChI is InChI=1S/C22H24ClN5O2S/c23-18-8-6-17(7-9-18)15-31-21-20-26-28(22(30)27(20)13-12-25-21)14-19(29)24-11-10-16-4-2-1-3-5-16/h4,6-9,12-13H,1-3,5,10-11,14-15H2,(H,24,29). The molecule has 1 amide bonds. The highest BCUT2D eigenvalue weighted by Crippen LogP contribution is 2.24. The minimum atomic E-state index is -0.351. The number of nitrogens with zero attached hydrogens (tertiary/aromatic N) is 4. The number of rotatable bonds is 8. The molecule has 2 aromatic heterocycles. The van der Waals surface area contributed by atoms with Gasteiger partial charge in [-0.25, -0.2) is 18.9 Å². The largest absolute Gasteiger partial charge is 0.354 e. The number of nitrogens with one attached hydrogen (secondary N) is 1. The molecule has 0 saturated carbocycles. The Labute approximate surface area is 189 Å². The second kappa shape index (κ2) is 10.2. The Morgan fingerprint density at radius 1 is 1.23 bits per heavy atom. The molecule has 0 saturated heterocycles. The van der Waals surface area contributed by atoms with Crippen molar-refractivity contribution in [2.75, 3.05) is 6.54 Å². The molecule has 1 aliphatic carbocycles. The molecule has 0 atom stereocenters. The van der Waals surface area contributed by atoms with E-state index in [1.54, 1.807) is 12.4 Å². The molecule has 0 bridgehead atoms. The van der Waals surface area contributed by atoms with Gasteiger partial charge in [0, 0.05) is 29.7 Å². The van der Waals surface area contributed by atoms with Gasteiger partial charge in [0.05, 0.1) is 0 Å². The third kappa shape index (κ3) is 5.57. The molecule has 0 spiro atoms. The van der Waals surface area contributed by atoms with Crippen LogP contribution in [-0.4, -0.2) is 31.6 Å². The highest BCUT2D eigenvalue weighted by atomic mass is 35.5. The van der Waals surface area contributed by atoms with E-state index >= 15 is 0 Å². The van der Waals surface area contributed by atoms with Crippen LogP contribution < -0.4 is 11.0 Å². The minimum absolute atomic E-state index is 0.110. The smallest absolute Gasteiger partial charge is 0.350 e. The van der Waals surface area contributed by atoms with Crippen molar-refractivity contribution in [2.24, 2.45) is 0 Å². The van der Waals surface area contributed by atoms with Gasteiger partial charge in [-0.05, 0) is 49.8 Å². The van der Waals surface area contributed by atoms with Crippen LogP contribution in [0, 0.1) is 0 Å². The lowest BCUT2D eigenvalue weighted by atomic mass is 9.97. The number of hydrogen-bond acceptors (Lipinski definition) is 5. The molecular weight excluding hydrogens is 434 g/mol. The zero-order valence-electron chi connectivity index (χ0n) is 17.1. The van der Waals surface area contributed by atoms with Crippen LogP contribution in [0.1, 0.15) is 37.7 Å². The number of benzene rings is 1. The highest BCUT2D eigenvalue weighted by molar-refractivity contribution is 7.98. The monoisotopic (exact) mass is 457 g/mol. The van der Waals surface area contributed by atoms with Crippen molar-refractivity contribution in [1.82, 2.24) is 24.5 Å². The van der Waals surface area contributed by atoms with E-state index in [2.05, 4.69) is 21.5 Å². The average molecular weight is 458 g/mol. The van der Waals surface area contributed by atoms with Gasteiger partial charge in [-0.3, -0.25) is 4.79 Å². The molecule has 1 N–H and O–H groups in total. The predicted molar refractivity (Wildman–Crippen MR) is 122 cm³/mol. The van der Waals surface area contributed by atoms with Crippen LogP contribution in [0.5, 0.6) is 0 Å². The Morgan fingerprint density at radius 3 is 2.84 bits per heavy atom. The second-order valence-electron chi connectivity index (χ2n) is 7.49. The van der Waals surface area contributed by atoms with Crippen LogP contribution in [0.4, 0.5) is 0 Å². The Hall–Kier alpha value is -2.58. The van der Waals surface area contributed by atoms with Gasteiger partial charge in [-0.2, -0.15) is 0 Å². The number of amides is 1. The lowest BCUT2D eigenvalue weighted by Gasteiger charge is -2.12. The van der Waals surface area contributed by atoms with Crippen LogP contribution in [0.2, 0.25) is 5.02 Å². The van der Waals surface area contributed by atoms with Crippen LogP contribution in [0.25, 0.3) is 5.65 Å². The number of carbonyl (C=O) groups excluding carboxylic acids is 1. The molecule has 3 aromatic rings. The van der Waals surface area contributed by atoms with E-state index in [0.717, 1.165) is 24.8 Å². The van der Waals surface area contributed by atoms with Crippen molar-refractivity contribution in [1.29, 1.82) is 0 Å². The lowest BCUT2D eigenvalue weighted by molar-refractivity contribution is -0.121. The third-order valence-electron chi connectivity index (χ3n) is 5.20. The van der Waals surface area contributed by atoms with Gasteiger partial charge in [0.2, 0.25) is 5.91 Å². The molecule has 4 rings (SSSR count). The number of fused-ring (bicyclic) bond motifs is 1. The number of allylic oxidation sites excluding steroid dienone is 1. The maximum atomic E-state index is 12.7. The fourth-order valence-corrected chi connectivity index (χ4v) is 4.57. The molecule has 9 heteroatoms. The first kappa shape index (κ1) is 21.6. The number of aromatic nitrogens is 4. The number of thioether (sulfide) groups is 1. The van der Waals surface area contributed by atoms with Crippen LogP contribution in [0.15, 0.2) is 58.1 Å². The minimum Gasteiger partial charge on any atom is -0.354 e. The van der Waals surface area contributed by atoms with E-state index in [0.29, 0.717) is 28.0 Å². The van der Waals surface area contributed by atoms with Crippen molar-refractivity contribution in [3.05, 3.63) is 69.4 Å². The van der Waals surface area contributed by atoms with E-state index in [-0.39, 0.29) is 18.1 Å².